The van der Waals surface area contributed by atoms with E-state index in [1.807, 2.05) is 11.4 Å². The molecule has 0 saturated carbocycles. The molecule has 1 saturated heterocycles. The third-order valence-electron chi connectivity index (χ3n) is 3.07. The molecule has 5 nitrogen and oxygen atoms in total. The monoisotopic (exact) mass is 290 g/mol. The molecule has 20 heavy (non-hydrogen) atoms. The molecular weight excluding hydrogens is 276 g/mol. The molecule has 1 unspecified atom stereocenters. The Morgan fingerprint density at radius 2 is 2.55 bits per heavy atom. The molecule has 1 atom stereocenters. The number of hydrogen-bond acceptors (Lipinski definition) is 5. The van der Waals surface area contributed by atoms with E-state index in [2.05, 4.69) is 4.98 Å². The van der Waals surface area contributed by atoms with Gasteiger partial charge in [0.15, 0.2) is 0 Å². The van der Waals surface area contributed by atoms with Gasteiger partial charge in [0.05, 0.1) is 12.8 Å². The first-order valence-corrected chi connectivity index (χ1v) is 7.26. The summed E-state index contributed by atoms with van der Waals surface area (Å²) in [7, 11) is 0. The third-order valence-corrected chi connectivity index (χ3v) is 3.73. The van der Waals surface area contributed by atoms with Crippen molar-refractivity contribution in [1.82, 2.24) is 9.88 Å². The number of carbonyl (C=O) groups is 1. The van der Waals surface area contributed by atoms with Gasteiger partial charge in [-0.25, -0.2) is 4.98 Å². The number of thiazole rings is 1. The fourth-order valence-electron chi connectivity index (χ4n) is 2.08. The SMILES string of the molecule is O=C(C=Cc1ccco1)N1CCC(Oc2nccs2)C1. The fraction of sp³-hybridized carbons (Fsp3) is 0.286. The molecule has 1 aliphatic heterocycles. The van der Waals surface area contributed by atoms with Crippen LogP contribution in [0.4, 0.5) is 0 Å². The third kappa shape index (κ3) is 3.08. The van der Waals surface area contributed by atoms with Crippen LogP contribution in [0.2, 0.25) is 0 Å². The maximum atomic E-state index is 12.0. The number of aromatic nitrogens is 1. The van der Waals surface area contributed by atoms with Crippen molar-refractivity contribution in [2.75, 3.05) is 13.1 Å². The Bertz CT molecular complexity index is 578. The molecule has 2 aromatic heterocycles. The summed E-state index contributed by atoms with van der Waals surface area (Å²) in [5.74, 6) is 0.653. The Hall–Kier alpha value is -2.08. The smallest absolute Gasteiger partial charge is 0.273 e. The van der Waals surface area contributed by atoms with Crippen LogP contribution in [-0.2, 0) is 4.79 Å². The average Bonchev–Trinajstić information content (AvgIpc) is 3.19. The highest BCUT2D eigenvalue weighted by molar-refractivity contribution is 7.11. The van der Waals surface area contributed by atoms with Crippen molar-refractivity contribution in [2.45, 2.75) is 12.5 Å². The van der Waals surface area contributed by atoms with Gasteiger partial charge in [-0.3, -0.25) is 4.79 Å². The molecule has 0 spiro atoms. The van der Waals surface area contributed by atoms with Crippen LogP contribution in [0.25, 0.3) is 6.08 Å². The van der Waals surface area contributed by atoms with Crippen LogP contribution in [0.5, 0.6) is 5.19 Å². The number of ether oxygens (including phenoxy) is 1. The van der Waals surface area contributed by atoms with E-state index in [0.717, 1.165) is 6.42 Å². The van der Waals surface area contributed by atoms with Crippen LogP contribution in [0.15, 0.2) is 40.5 Å². The second-order valence-corrected chi connectivity index (χ2v) is 5.32. The van der Waals surface area contributed by atoms with Gasteiger partial charge in [0.1, 0.15) is 11.9 Å². The van der Waals surface area contributed by atoms with Crippen LogP contribution in [0.1, 0.15) is 12.2 Å². The first kappa shape index (κ1) is 12.9. The maximum absolute atomic E-state index is 12.0. The van der Waals surface area contributed by atoms with Crippen molar-refractivity contribution in [3.63, 3.8) is 0 Å². The number of amides is 1. The lowest BCUT2D eigenvalue weighted by Crippen LogP contribution is -2.29. The molecule has 0 N–H and O–H groups in total. The van der Waals surface area contributed by atoms with Crippen molar-refractivity contribution >= 4 is 23.3 Å². The Morgan fingerprint density at radius 1 is 1.60 bits per heavy atom. The van der Waals surface area contributed by atoms with Gasteiger partial charge in [-0.1, -0.05) is 11.3 Å². The number of likely N-dealkylation sites (tertiary alicyclic amines) is 1. The van der Waals surface area contributed by atoms with Crippen molar-refractivity contribution in [3.8, 4) is 5.19 Å². The van der Waals surface area contributed by atoms with Crippen LogP contribution >= 0.6 is 11.3 Å². The Labute approximate surface area is 120 Å². The van der Waals surface area contributed by atoms with Crippen LogP contribution in [-0.4, -0.2) is 35.0 Å². The molecule has 0 bridgehead atoms. The zero-order valence-electron chi connectivity index (χ0n) is 10.8. The fourth-order valence-corrected chi connectivity index (χ4v) is 2.63. The number of furan rings is 1. The van der Waals surface area contributed by atoms with Gasteiger partial charge >= 0.3 is 0 Å². The minimum atomic E-state index is -0.0216. The Kier molecular flexibility index (Phi) is 3.83. The first-order valence-electron chi connectivity index (χ1n) is 6.38. The minimum Gasteiger partial charge on any atom is -0.465 e. The van der Waals surface area contributed by atoms with E-state index in [1.165, 1.54) is 17.4 Å². The standard InChI is InChI=1S/C14H14N2O3S/c17-13(4-3-11-2-1-8-18-11)16-7-5-12(10-16)19-14-15-6-9-20-14/h1-4,6,8-9,12H,5,7,10H2. The minimum absolute atomic E-state index is 0.0216. The highest BCUT2D eigenvalue weighted by atomic mass is 32.1. The van der Waals surface area contributed by atoms with Crippen LogP contribution in [0.3, 0.4) is 0 Å². The Balaban J connectivity index is 1.53. The number of hydrogen-bond donors (Lipinski definition) is 0. The summed E-state index contributed by atoms with van der Waals surface area (Å²) in [6.07, 6.45) is 7.37. The van der Waals surface area contributed by atoms with Crippen molar-refractivity contribution in [1.29, 1.82) is 0 Å². The predicted octanol–water partition coefficient (Wildman–Crippen LogP) is 2.43. The second kappa shape index (κ2) is 5.92. The molecule has 2 aromatic rings. The van der Waals surface area contributed by atoms with E-state index >= 15 is 0 Å². The predicted molar refractivity (Wildman–Crippen MR) is 75.5 cm³/mol. The van der Waals surface area contributed by atoms with Gasteiger partial charge in [0.2, 0.25) is 5.91 Å². The van der Waals surface area contributed by atoms with Crippen molar-refractivity contribution in [2.24, 2.45) is 0 Å². The van der Waals surface area contributed by atoms with Gasteiger partial charge in [0, 0.05) is 30.6 Å². The summed E-state index contributed by atoms with van der Waals surface area (Å²) >= 11 is 1.46. The lowest BCUT2D eigenvalue weighted by atomic mass is 10.3. The molecule has 1 amide bonds. The lowest BCUT2D eigenvalue weighted by Gasteiger charge is -2.14. The van der Waals surface area contributed by atoms with Gasteiger partial charge in [-0.15, -0.1) is 0 Å². The molecule has 3 heterocycles. The summed E-state index contributed by atoms with van der Waals surface area (Å²) in [5, 5.41) is 2.54. The molecule has 6 heteroatoms. The van der Waals surface area contributed by atoms with Crippen LogP contribution < -0.4 is 4.74 Å². The van der Waals surface area contributed by atoms with E-state index in [0.29, 0.717) is 24.0 Å². The molecular formula is C14H14N2O3S. The van der Waals surface area contributed by atoms with Crippen LogP contribution in [0, 0.1) is 0 Å². The van der Waals surface area contributed by atoms with E-state index in [9.17, 15) is 4.79 Å². The van der Waals surface area contributed by atoms with Crippen molar-refractivity contribution in [3.05, 3.63) is 41.8 Å². The lowest BCUT2D eigenvalue weighted by molar-refractivity contribution is -0.125. The summed E-state index contributed by atoms with van der Waals surface area (Å²) in [4.78, 5) is 17.9. The largest absolute Gasteiger partial charge is 0.465 e. The van der Waals surface area contributed by atoms with Gasteiger partial charge in [0.25, 0.3) is 5.19 Å². The quantitative estimate of drug-likeness (QED) is 0.812. The zero-order valence-corrected chi connectivity index (χ0v) is 11.6. The summed E-state index contributed by atoms with van der Waals surface area (Å²) < 4.78 is 10.9. The van der Waals surface area contributed by atoms with Crippen molar-refractivity contribution < 1.29 is 13.9 Å². The maximum Gasteiger partial charge on any atom is 0.273 e. The van der Waals surface area contributed by atoms with Gasteiger partial charge < -0.3 is 14.1 Å². The highest BCUT2D eigenvalue weighted by Gasteiger charge is 2.26. The highest BCUT2D eigenvalue weighted by Crippen LogP contribution is 2.20. The van der Waals surface area contributed by atoms with E-state index < -0.39 is 0 Å². The topological polar surface area (TPSA) is 55.6 Å². The van der Waals surface area contributed by atoms with E-state index in [4.69, 9.17) is 9.15 Å². The second-order valence-electron chi connectivity index (χ2n) is 4.46. The van der Waals surface area contributed by atoms with Gasteiger partial charge in [-0.2, -0.15) is 0 Å². The van der Waals surface area contributed by atoms with E-state index in [1.54, 1.807) is 29.5 Å². The number of rotatable bonds is 4. The number of nitrogens with zero attached hydrogens (tertiary/aromatic N) is 2. The molecule has 3 rings (SSSR count). The molecule has 0 aromatic carbocycles. The van der Waals surface area contributed by atoms with E-state index in [-0.39, 0.29) is 12.0 Å². The Morgan fingerprint density at radius 3 is 3.30 bits per heavy atom. The first-order chi connectivity index (χ1) is 9.81. The number of carbonyl (C=O) groups excluding carboxylic acids is 1. The normalized spacial score (nSPS) is 18.8. The molecule has 104 valence electrons. The molecule has 0 aliphatic carbocycles. The average molecular weight is 290 g/mol. The molecule has 1 aliphatic rings. The molecule has 0 radical (unpaired) electrons. The summed E-state index contributed by atoms with van der Waals surface area (Å²) in [6.45, 7) is 1.30. The summed E-state index contributed by atoms with van der Waals surface area (Å²) in [5.41, 5.74) is 0. The van der Waals surface area contributed by atoms with Gasteiger partial charge in [-0.05, 0) is 18.2 Å². The molecule has 1 fully saturated rings. The zero-order chi connectivity index (χ0) is 13.8. The summed E-state index contributed by atoms with van der Waals surface area (Å²) in [6, 6.07) is 3.60.